The van der Waals surface area contributed by atoms with Crippen molar-refractivity contribution >= 4 is 29.4 Å². The van der Waals surface area contributed by atoms with Gasteiger partial charge in [0.2, 0.25) is 0 Å². The third kappa shape index (κ3) is 4.22. The van der Waals surface area contributed by atoms with E-state index in [-0.39, 0.29) is 12.5 Å². The number of fused-ring (bicyclic) bond motifs is 2. The molecular formula is C21H22ClN3O3. The van der Waals surface area contributed by atoms with Crippen molar-refractivity contribution in [3.05, 3.63) is 52.5 Å². The lowest BCUT2D eigenvalue weighted by atomic mass is 10.0. The number of benzene rings is 2. The second kappa shape index (κ2) is 8.52. The van der Waals surface area contributed by atoms with E-state index in [0.717, 1.165) is 37.1 Å². The highest BCUT2D eigenvalue weighted by Gasteiger charge is 2.18. The second-order valence-corrected chi connectivity index (χ2v) is 7.23. The molecule has 146 valence electrons. The molecular weight excluding hydrogens is 378 g/mol. The minimum absolute atomic E-state index is 0.159. The molecule has 2 aromatic carbocycles. The van der Waals surface area contributed by atoms with Gasteiger partial charge >= 0.3 is 0 Å². The van der Waals surface area contributed by atoms with Gasteiger partial charge in [-0.15, -0.1) is 0 Å². The molecule has 6 nitrogen and oxygen atoms in total. The molecule has 7 heteroatoms. The van der Waals surface area contributed by atoms with Crippen LogP contribution < -0.4 is 19.8 Å². The number of hydrazone groups is 1. The first kappa shape index (κ1) is 18.6. The van der Waals surface area contributed by atoms with E-state index in [1.54, 1.807) is 12.3 Å². The van der Waals surface area contributed by atoms with Crippen molar-refractivity contribution in [2.24, 2.45) is 5.10 Å². The Bertz CT molecular complexity index is 900. The Balaban J connectivity index is 1.38. The third-order valence-corrected chi connectivity index (χ3v) is 5.05. The van der Waals surface area contributed by atoms with E-state index in [4.69, 9.17) is 21.1 Å². The maximum atomic E-state index is 12.3. The fraction of sp³-hybridized carbons (Fsp3) is 0.333. The molecule has 4 rings (SSSR count). The Morgan fingerprint density at radius 2 is 2.07 bits per heavy atom. The Labute approximate surface area is 169 Å². The number of ether oxygens (including phenoxy) is 2. The highest BCUT2D eigenvalue weighted by atomic mass is 35.5. The Morgan fingerprint density at radius 1 is 1.21 bits per heavy atom. The monoisotopic (exact) mass is 399 g/mol. The molecule has 2 aliphatic rings. The number of nitrogens with one attached hydrogen (secondary N) is 1. The topological polar surface area (TPSA) is 63.2 Å². The zero-order valence-electron chi connectivity index (χ0n) is 15.5. The van der Waals surface area contributed by atoms with E-state index < -0.39 is 0 Å². The van der Waals surface area contributed by atoms with Crippen LogP contribution in [0.5, 0.6) is 11.5 Å². The summed E-state index contributed by atoms with van der Waals surface area (Å²) in [6.45, 7) is 2.30. The molecule has 0 atom stereocenters. The molecule has 28 heavy (non-hydrogen) atoms. The van der Waals surface area contributed by atoms with Gasteiger partial charge in [0, 0.05) is 18.7 Å². The molecule has 0 unspecified atom stereocenters. The smallest absolute Gasteiger partial charge is 0.259 e. The van der Waals surface area contributed by atoms with Crippen LogP contribution in [0.15, 0.2) is 41.5 Å². The average molecular weight is 400 g/mol. The van der Waals surface area contributed by atoms with E-state index in [0.29, 0.717) is 29.7 Å². The normalized spacial score (nSPS) is 15.8. The standard InChI is InChI=1S/C21H22ClN3O3/c22-17-11-15(12-19-21(17)28-10-4-9-27-19)13-23-24-20(26)14-25-8-3-6-16-5-1-2-7-18(16)25/h1-2,5,7,11-13H,3-4,6,8-10,14H2,(H,24,26)/b23-13-. The van der Waals surface area contributed by atoms with Crippen molar-refractivity contribution in [1.29, 1.82) is 0 Å². The van der Waals surface area contributed by atoms with Crippen molar-refractivity contribution in [1.82, 2.24) is 5.43 Å². The van der Waals surface area contributed by atoms with Crippen LogP contribution in [0, 0.1) is 0 Å². The number of rotatable bonds is 4. The predicted octanol–water partition coefficient (Wildman–Crippen LogP) is 3.40. The van der Waals surface area contributed by atoms with E-state index >= 15 is 0 Å². The molecule has 0 spiro atoms. The molecule has 0 fully saturated rings. The van der Waals surface area contributed by atoms with Crippen LogP contribution in [0.4, 0.5) is 5.69 Å². The van der Waals surface area contributed by atoms with Crippen LogP contribution in [0.25, 0.3) is 0 Å². The molecule has 0 saturated heterocycles. The fourth-order valence-electron chi connectivity index (χ4n) is 3.49. The maximum absolute atomic E-state index is 12.3. The van der Waals surface area contributed by atoms with Gasteiger partial charge in [0.1, 0.15) is 0 Å². The SMILES string of the molecule is O=C(CN1CCCc2ccccc21)N/N=C\c1cc(Cl)c2c(c1)OCCCO2. The summed E-state index contributed by atoms with van der Waals surface area (Å²) in [5.74, 6) is 1.00. The van der Waals surface area contributed by atoms with Gasteiger partial charge in [-0.3, -0.25) is 4.79 Å². The Hall–Kier alpha value is -2.73. The lowest BCUT2D eigenvalue weighted by Gasteiger charge is -2.30. The van der Waals surface area contributed by atoms with Crippen LogP contribution in [-0.4, -0.2) is 38.4 Å². The van der Waals surface area contributed by atoms with E-state index in [1.807, 2.05) is 18.2 Å². The van der Waals surface area contributed by atoms with Gasteiger partial charge in [0.05, 0.1) is 31.0 Å². The number of carbonyl (C=O) groups is 1. The Kier molecular flexibility index (Phi) is 5.67. The fourth-order valence-corrected chi connectivity index (χ4v) is 3.76. The maximum Gasteiger partial charge on any atom is 0.259 e. The zero-order valence-corrected chi connectivity index (χ0v) is 16.2. The molecule has 2 aliphatic heterocycles. The van der Waals surface area contributed by atoms with Crippen molar-refractivity contribution in [2.75, 3.05) is 31.2 Å². The molecule has 1 amide bonds. The summed E-state index contributed by atoms with van der Waals surface area (Å²) in [6.07, 6.45) is 4.47. The first-order valence-corrected chi connectivity index (χ1v) is 9.82. The van der Waals surface area contributed by atoms with E-state index in [1.165, 1.54) is 5.56 Å². The van der Waals surface area contributed by atoms with Crippen LogP contribution in [0.3, 0.4) is 0 Å². The lowest BCUT2D eigenvalue weighted by Crippen LogP contribution is -2.38. The molecule has 0 aromatic heterocycles. The Morgan fingerprint density at radius 3 is 3.00 bits per heavy atom. The molecule has 0 bridgehead atoms. The number of anilines is 1. The first-order chi connectivity index (χ1) is 13.7. The molecule has 0 saturated carbocycles. The number of hydrogen-bond acceptors (Lipinski definition) is 5. The number of hydrogen-bond donors (Lipinski definition) is 1. The second-order valence-electron chi connectivity index (χ2n) is 6.83. The minimum Gasteiger partial charge on any atom is -0.489 e. The highest BCUT2D eigenvalue weighted by Crippen LogP contribution is 2.37. The quantitative estimate of drug-likeness (QED) is 0.632. The van der Waals surface area contributed by atoms with Gasteiger partial charge in [-0.2, -0.15) is 5.10 Å². The van der Waals surface area contributed by atoms with Crippen LogP contribution in [0.1, 0.15) is 24.0 Å². The average Bonchev–Trinajstić information content (AvgIpc) is 2.94. The van der Waals surface area contributed by atoms with Gasteiger partial charge < -0.3 is 14.4 Å². The van der Waals surface area contributed by atoms with Crippen molar-refractivity contribution < 1.29 is 14.3 Å². The van der Waals surface area contributed by atoms with Crippen LogP contribution >= 0.6 is 11.6 Å². The van der Waals surface area contributed by atoms with Crippen molar-refractivity contribution in [2.45, 2.75) is 19.3 Å². The summed E-state index contributed by atoms with van der Waals surface area (Å²) in [4.78, 5) is 14.4. The van der Waals surface area contributed by atoms with Gasteiger partial charge in [0.15, 0.2) is 11.5 Å². The molecule has 1 N–H and O–H groups in total. The summed E-state index contributed by atoms with van der Waals surface area (Å²) in [5, 5.41) is 4.54. The predicted molar refractivity (Wildman–Crippen MR) is 110 cm³/mol. The van der Waals surface area contributed by atoms with Crippen molar-refractivity contribution in [3.63, 3.8) is 0 Å². The largest absolute Gasteiger partial charge is 0.489 e. The van der Waals surface area contributed by atoms with Crippen molar-refractivity contribution in [3.8, 4) is 11.5 Å². The molecule has 0 aliphatic carbocycles. The molecule has 0 radical (unpaired) electrons. The lowest BCUT2D eigenvalue weighted by molar-refractivity contribution is -0.119. The minimum atomic E-state index is -0.159. The summed E-state index contributed by atoms with van der Waals surface area (Å²) in [6, 6.07) is 11.8. The first-order valence-electron chi connectivity index (χ1n) is 9.44. The molecule has 2 aromatic rings. The number of para-hydroxylation sites is 1. The van der Waals surface area contributed by atoms with Crippen LogP contribution in [0.2, 0.25) is 5.02 Å². The number of nitrogens with zero attached hydrogens (tertiary/aromatic N) is 2. The summed E-state index contributed by atoms with van der Waals surface area (Å²) in [7, 11) is 0. The number of halogens is 1. The summed E-state index contributed by atoms with van der Waals surface area (Å²) < 4.78 is 11.3. The van der Waals surface area contributed by atoms with E-state index in [9.17, 15) is 4.79 Å². The van der Waals surface area contributed by atoms with E-state index in [2.05, 4.69) is 27.6 Å². The number of amides is 1. The number of carbonyl (C=O) groups excluding carboxylic acids is 1. The van der Waals surface area contributed by atoms with Gasteiger partial charge in [0.25, 0.3) is 5.91 Å². The van der Waals surface area contributed by atoms with Gasteiger partial charge in [-0.1, -0.05) is 29.8 Å². The molecule has 2 heterocycles. The number of aryl methyl sites for hydroxylation is 1. The zero-order chi connectivity index (χ0) is 19.3. The van der Waals surface area contributed by atoms with Crippen LogP contribution in [-0.2, 0) is 11.2 Å². The summed E-state index contributed by atoms with van der Waals surface area (Å²) in [5.41, 5.74) is 5.74. The van der Waals surface area contributed by atoms with Gasteiger partial charge in [-0.05, 0) is 42.2 Å². The third-order valence-electron chi connectivity index (χ3n) is 4.77. The van der Waals surface area contributed by atoms with Gasteiger partial charge in [-0.25, -0.2) is 5.43 Å². The summed E-state index contributed by atoms with van der Waals surface area (Å²) >= 11 is 6.28. The highest BCUT2D eigenvalue weighted by molar-refractivity contribution is 6.32.